The molecule has 0 saturated heterocycles. The molecule has 0 saturated carbocycles. The number of nitro benzene ring substituents is 1. The molecule has 0 spiro atoms. The van der Waals surface area contributed by atoms with Gasteiger partial charge >= 0.3 is 0 Å². The number of carbonyl (C=O) groups excluding carboxylic acids is 2. The van der Waals surface area contributed by atoms with Crippen molar-refractivity contribution < 1.29 is 24.0 Å². The monoisotopic (exact) mass is 387 g/mol. The molecule has 2 rings (SSSR count). The first-order valence-corrected chi connectivity index (χ1v) is 8.54. The molecule has 9 nitrogen and oxygen atoms in total. The molecule has 2 N–H and O–H groups in total. The quantitative estimate of drug-likeness (QED) is 0.557. The van der Waals surface area contributed by atoms with Crippen molar-refractivity contribution in [3.05, 3.63) is 63.2 Å². The summed E-state index contributed by atoms with van der Waals surface area (Å²) in [5, 5.41) is 11.0. The van der Waals surface area contributed by atoms with Crippen LogP contribution in [0.3, 0.4) is 0 Å². The number of nitrogens with zero attached hydrogens (tertiary/aromatic N) is 1. The fraction of sp³-hybridized carbons (Fsp3) is 0.263. The molecule has 28 heavy (non-hydrogen) atoms. The third-order valence-corrected chi connectivity index (χ3v) is 3.85. The summed E-state index contributed by atoms with van der Waals surface area (Å²) in [6.07, 6.45) is 0.828. The van der Waals surface area contributed by atoms with Crippen LogP contribution < -0.4 is 20.3 Å². The van der Waals surface area contributed by atoms with Crippen LogP contribution in [-0.4, -0.2) is 30.5 Å². The molecule has 2 amide bonds. The number of aryl methyl sites for hydroxylation is 1. The topological polar surface area (TPSA) is 120 Å². The van der Waals surface area contributed by atoms with Crippen molar-refractivity contribution in [3.63, 3.8) is 0 Å². The summed E-state index contributed by atoms with van der Waals surface area (Å²) in [6.45, 7) is 4.06. The number of hydrogen-bond donors (Lipinski definition) is 2. The molecule has 0 bridgehead atoms. The van der Waals surface area contributed by atoms with Gasteiger partial charge in [-0.1, -0.05) is 13.0 Å². The highest BCUT2D eigenvalue weighted by molar-refractivity contribution is 5.99. The van der Waals surface area contributed by atoms with E-state index < -0.39 is 16.7 Å². The number of hydrogen-bond acceptors (Lipinski definition) is 6. The van der Waals surface area contributed by atoms with Crippen molar-refractivity contribution in [2.24, 2.45) is 0 Å². The minimum atomic E-state index is -0.675. The smallest absolute Gasteiger partial charge is 0.273 e. The molecule has 2 aromatic carbocycles. The number of hydrazine groups is 1. The normalized spacial score (nSPS) is 10.1. The zero-order valence-electron chi connectivity index (χ0n) is 15.8. The number of ether oxygens (including phenoxy) is 2. The van der Waals surface area contributed by atoms with Crippen molar-refractivity contribution in [2.75, 3.05) is 13.7 Å². The van der Waals surface area contributed by atoms with Gasteiger partial charge in [0.1, 0.15) is 0 Å². The van der Waals surface area contributed by atoms with Crippen LogP contribution in [0.25, 0.3) is 0 Å². The average molecular weight is 387 g/mol. The Kier molecular flexibility index (Phi) is 6.91. The van der Waals surface area contributed by atoms with Gasteiger partial charge in [0.2, 0.25) is 0 Å². The summed E-state index contributed by atoms with van der Waals surface area (Å²) >= 11 is 0. The fourth-order valence-corrected chi connectivity index (χ4v) is 2.35. The first-order chi connectivity index (χ1) is 13.4. The van der Waals surface area contributed by atoms with Gasteiger partial charge in [-0.25, -0.2) is 0 Å². The Hall–Kier alpha value is -3.62. The maximum atomic E-state index is 12.3. The van der Waals surface area contributed by atoms with E-state index in [0.29, 0.717) is 23.7 Å². The van der Waals surface area contributed by atoms with E-state index in [2.05, 4.69) is 10.9 Å². The van der Waals surface area contributed by atoms with Gasteiger partial charge < -0.3 is 9.47 Å². The van der Waals surface area contributed by atoms with E-state index >= 15 is 0 Å². The van der Waals surface area contributed by atoms with Crippen LogP contribution in [-0.2, 0) is 0 Å². The van der Waals surface area contributed by atoms with E-state index in [1.54, 1.807) is 13.0 Å². The number of benzene rings is 2. The Morgan fingerprint density at radius 2 is 1.64 bits per heavy atom. The van der Waals surface area contributed by atoms with E-state index in [1.807, 2.05) is 6.92 Å². The molecule has 0 aliphatic carbocycles. The molecule has 0 aliphatic rings. The Balaban J connectivity index is 2.06. The van der Waals surface area contributed by atoms with Crippen LogP contribution in [0.5, 0.6) is 11.5 Å². The standard InChI is InChI=1S/C19H21N3O6/c1-4-9-28-16-8-7-14(11-17(16)27-3)19(24)21-20-18(23)13-6-5-12(2)15(10-13)22(25)26/h5-8,10-11H,4,9H2,1-3H3,(H,20,23)(H,21,24). The maximum Gasteiger partial charge on any atom is 0.273 e. The second kappa shape index (κ2) is 9.36. The highest BCUT2D eigenvalue weighted by atomic mass is 16.6. The van der Waals surface area contributed by atoms with Crippen LogP contribution in [0, 0.1) is 17.0 Å². The molecular formula is C19H21N3O6. The van der Waals surface area contributed by atoms with Crippen molar-refractivity contribution in [1.29, 1.82) is 0 Å². The second-order valence-corrected chi connectivity index (χ2v) is 5.88. The Bertz CT molecular complexity index is 897. The minimum Gasteiger partial charge on any atom is -0.493 e. The molecule has 0 atom stereocenters. The molecule has 0 aromatic heterocycles. The maximum absolute atomic E-state index is 12.3. The summed E-state index contributed by atoms with van der Waals surface area (Å²) in [5.74, 6) is -0.347. The van der Waals surface area contributed by atoms with Gasteiger partial charge in [0, 0.05) is 22.8 Å². The predicted molar refractivity (Wildman–Crippen MR) is 102 cm³/mol. The van der Waals surface area contributed by atoms with E-state index in [4.69, 9.17) is 9.47 Å². The van der Waals surface area contributed by atoms with Gasteiger partial charge in [-0.15, -0.1) is 0 Å². The van der Waals surface area contributed by atoms with Crippen LogP contribution in [0.2, 0.25) is 0 Å². The lowest BCUT2D eigenvalue weighted by molar-refractivity contribution is -0.385. The van der Waals surface area contributed by atoms with Gasteiger partial charge in [-0.2, -0.15) is 0 Å². The zero-order valence-corrected chi connectivity index (χ0v) is 15.8. The van der Waals surface area contributed by atoms with Gasteiger partial charge in [0.15, 0.2) is 11.5 Å². The van der Waals surface area contributed by atoms with E-state index in [9.17, 15) is 19.7 Å². The average Bonchev–Trinajstić information content (AvgIpc) is 2.70. The largest absolute Gasteiger partial charge is 0.493 e. The first kappa shape index (κ1) is 20.7. The summed E-state index contributed by atoms with van der Waals surface area (Å²) < 4.78 is 10.7. The Morgan fingerprint density at radius 1 is 1.04 bits per heavy atom. The van der Waals surface area contributed by atoms with Crippen molar-refractivity contribution in [3.8, 4) is 11.5 Å². The first-order valence-electron chi connectivity index (χ1n) is 8.54. The lowest BCUT2D eigenvalue weighted by Crippen LogP contribution is -2.41. The molecule has 9 heteroatoms. The second-order valence-electron chi connectivity index (χ2n) is 5.88. The van der Waals surface area contributed by atoms with Gasteiger partial charge in [-0.05, 0) is 37.6 Å². The molecule has 0 unspecified atom stereocenters. The van der Waals surface area contributed by atoms with Gasteiger partial charge in [0.05, 0.1) is 18.6 Å². The van der Waals surface area contributed by atoms with Crippen molar-refractivity contribution in [2.45, 2.75) is 20.3 Å². The highest BCUT2D eigenvalue weighted by Gasteiger charge is 2.16. The van der Waals surface area contributed by atoms with Crippen molar-refractivity contribution in [1.82, 2.24) is 10.9 Å². The summed E-state index contributed by atoms with van der Waals surface area (Å²) in [5.41, 5.74) is 5.06. The molecule has 0 heterocycles. The fourth-order valence-electron chi connectivity index (χ4n) is 2.35. The van der Waals surface area contributed by atoms with Crippen LogP contribution in [0.1, 0.15) is 39.6 Å². The molecule has 0 aliphatic heterocycles. The lowest BCUT2D eigenvalue weighted by atomic mass is 10.1. The Morgan fingerprint density at radius 3 is 2.21 bits per heavy atom. The molecule has 0 fully saturated rings. The van der Waals surface area contributed by atoms with E-state index in [1.165, 1.54) is 31.4 Å². The number of carbonyl (C=O) groups is 2. The molecular weight excluding hydrogens is 366 g/mol. The van der Waals surface area contributed by atoms with E-state index in [-0.39, 0.29) is 16.8 Å². The lowest BCUT2D eigenvalue weighted by Gasteiger charge is -2.12. The van der Waals surface area contributed by atoms with E-state index in [0.717, 1.165) is 12.5 Å². The van der Waals surface area contributed by atoms with Crippen LogP contribution in [0.15, 0.2) is 36.4 Å². The van der Waals surface area contributed by atoms with Gasteiger partial charge in [-0.3, -0.25) is 30.6 Å². The number of amides is 2. The number of methoxy groups -OCH3 is 1. The van der Waals surface area contributed by atoms with Crippen LogP contribution in [0.4, 0.5) is 5.69 Å². The minimum absolute atomic E-state index is 0.0542. The summed E-state index contributed by atoms with van der Waals surface area (Å²) in [4.78, 5) is 34.9. The predicted octanol–water partition coefficient (Wildman–Crippen LogP) is 2.78. The number of nitrogens with one attached hydrogen (secondary N) is 2. The summed E-state index contributed by atoms with van der Waals surface area (Å²) in [6, 6.07) is 8.69. The SMILES string of the molecule is CCCOc1ccc(C(=O)NNC(=O)c2ccc(C)c([N+](=O)[O-])c2)cc1OC. The molecule has 2 aromatic rings. The number of rotatable bonds is 7. The third kappa shape index (κ3) is 4.97. The molecule has 0 radical (unpaired) electrons. The molecule has 148 valence electrons. The number of nitro groups is 1. The van der Waals surface area contributed by atoms with Crippen LogP contribution >= 0.6 is 0 Å². The Labute approximate surface area is 161 Å². The third-order valence-electron chi connectivity index (χ3n) is 3.85. The summed E-state index contributed by atoms with van der Waals surface area (Å²) in [7, 11) is 1.46. The van der Waals surface area contributed by atoms with Gasteiger partial charge in [0.25, 0.3) is 17.5 Å². The zero-order chi connectivity index (χ0) is 20.7. The highest BCUT2D eigenvalue weighted by Crippen LogP contribution is 2.28. The van der Waals surface area contributed by atoms with Crippen molar-refractivity contribution >= 4 is 17.5 Å².